The highest BCUT2D eigenvalue weighted by Gasteiger charge is 2.36. The third-order valence-corrected chi connectivity index (χ3v) is 3.44. The first-order chi connectivity index (χ1) is 9.75. The molecule has 0 saturated heterocycles. The average Bonchev–Trinajstić information content (AvgIpc) is 2.41. The van der Waals surface area contributed by atoms with E-state index >= 15 is 0 Å². The van der Waals surface area contributed by atoms with Crippen LogP contribution in [0.2, 0.25) is 0 Å². The topological polar surface area (TPSA) is 122 Å². The quantitative estimate of drug-likeness (QED) is 0.596. The predicted molar refractivity (Wildman–Crippen MR) is 73.8 cm³/mol. The van der Waals surface area contributed by atoms with Crippen LogP contribution in [0, 0.1) is 12.3 Å². The standard InChI is InChI=1S/C13H20N2O6/c1-8-7-15(12(20)14-10(8)18)9(17)6-13(2,4-5-16)11(19)21-3/h7,9,16-17H,4-6H2,1-3H3,(H,14,18,20)/t9-,13+/m1/s1. The van der Waals surface area contributed by atoms with Gasteiger partial charge in [0.1, 0.15) is 6.23 Å². The number of nitrogens with one attached hydrogen (secondary N) is 1. The van der Waals surface area contributed by atoms with Gasteiger partial charge >= 0.3 is 11.7 Å². The highest BCUT2D eigenvalue weighted by Crippen LogP contribution is 2.31. The molecular formula is C13H20N2O6. The normalized spacial score (nSPS) is 15.3. The van der Waals surface area contributed by atoms with Crippen molar-refractivity contribution in [3.8, 4) is 0 Å². The second kappa shape index (κ2) is 6.68. The molecule has 8 heteroatoms. The fraction of sp³-hybridized carbons (Fsp3) is 0.615. The number of rotatable bonds is 6. The molecule has 3 N–H and O–H groups in total. The van der Waals surface area contributed by atoms with Gasteiger partial charge in [0.2, 0.25) is 0 Å². The number of hydrogen-bond acceptors (Lipinski definition) is 6. The van der Waals surface area contributed by atoms with Crippen LogP contribution < -0.4 is 11.2 Å². The lowest BCUT2D eigenvalue weighted by Crippen LogP contribution is -2.38. The Morgan fingerprint density at radius 1 is 1.52 bits per heavy atom. The van der Waals surface area contributed by atoms with Crippen LogP contribution in [0.15, 0.2) is 15.8 Å². The van der Waals surface area contributed by atoms with Gasteiger partial charge in [-0.2, -0.15) is 0 Å². The monoisotopic (exact) mass is 300 g/mol. The molecule has 0 saturated carbocycles. The maximum absolute atomic E-state index is 11.8. The van der Waals surface area contributed by atoms with E-state index < -0.39 is 28.9 Å². The Balaban J connectivity index is 3.11. The summed E-state index contributed by atoms with van der Waals surface area (Å²) in [6.07, 6.45) is -0.161. The summed E-state index contributed by atoms with van der Waals surface area (Å²) < 4.78 is 5.61. The first-order valence-corrected chi connectivity index (χ1v) is 6.44. The van der Waals surface area contributed by atoms with Crippen LogP contribution in [-0.4, -0.2) is 39.5 Å². The Kier molecular flexibility index (Phi) is 5.45. The van der Waals surface area contributed by atoms with Gasteiger partial charge in [0, 0.05) is 24.8 Å². The van der Waals surface area contributed by atoms with Gasteiger partial charge < -0.3 is 14.9 Å². The van der Waals surface area contributed by atoms with E-state index in [-0.39, 0.29) is 25.0 Å². The summed E-state index contributed by atoms with van der Waals surface area (Å²) in [5.74, 6) is -0.593. The summed E-state index contributed by atoms with van der Waals surface area (Å²) in [6, 6.07) is 0. The number of nitrogens with zero attached hydrogens (tertiary/aromatic N) is 1. The smallest absolute Gasteiger partial charge is 0.330 e. The van der Waals surface area contributed by atoms with Crippen LogP contribution in [0.1, 0.15) is 31.6 Å². The summed E-state index contributed by atoms with van der Waals surface area (Å²) in [5.41, 5.74) is -2.19. The van der Waals surface area contributed by atoms with E-state index in [2.05, 4.69) is 9.72 Å². The molecule has 1 rings (SSSR count). The van der Waals surface area contributed by atoms with Gasteiger partial charge in [-0.3, -0.25) is 19.1 Å². The lowest BCUT2D eigenvalue weighted by molar-refractivity contribution is -0.155. The number of carbonyl (C=O) groups is 1. The van der Waals surface area contributed by atoms with Crippen molar-refractivity contribution in [1.29, 1.82) is 0 Å². The maximum Gasteiger partial charge on any atom is 0.330 e. The Morgan fingerprint density at radius 2 is 2.14 bits per heavy atom. The molecule has 21 heavy (non-hydrogen) atoms. The minimum absolute atomic E-state index is 0.0772. The number of aromatic nitrogens is 2. The van der Waals surface area contributed by atoms with Crippen molar-refractivity contribution in [2.45, 2.75) is 32.9 Å². The number of aliphatic hydroxyl groups excluding tert-OH is 2. The number of H-pyrrole nitrogens is 1. The highest BCUT2D eigenvalue weighted by atomic mass is 16.5. The summed E-state index contributed by atoms with van der Waals surface area (Å²) in [6.45, 7) is 2.76. The molecule has 0 aliphatic carbocycles. The van der Waals surface area contributed by atoms with Gasteiger partial charge in [0.05, 0.1) is 12.5 Å². The predicted octanol–water partition coefficient (Wildman–Crippen LogP) is -0.712. The lowest BCUT2D eigenvalue weighted by atomic mass is 9.83. The van der Waals surface area contributed by atoms with Gasteiger partial charge in [0.15, 0.2) is 0 Å². The lowest BCUT2D eigenvalue weighted by Gasteiger charge is -2.28. The van der Waals surface area contributed by atoms with E-state index in [1.165, 1.54) is 27.2 Å². The Hall–Kier alpha value is -1.93. The summed E-state index contributed by atoms with van der Waals surface area (Å²) in [4.78, 5) is 36.9. The molecule has 0 fully saturated rings. The van der Waals surface area contributed by atoms with Crippen molar-refractivity contribution in [1.82, 2.24) is 9.55 Å². The molecular weight excluding hydrogens is 280 g/mol. The molecule has 1 aromatic heterocycles. The van der Waals surface area contributed by atoms with Crippen molar-refractivity contribution in [3.05, 3.63) is 32.6 Å². The fourth-order valence-electron chi connectivity index (χ4n) is 2.09. The number of aliphatic hydroxyl groups is 2. The molecule has 0 aliphatic heterocycles. The molecule has 0 unspecified atom stereocenters. The van der Waals surface area contributed by atoms with Gasteiger partial charge in [-0.15, -0.1) is 0 Å². The van der Waals surface area contributed by atoms with E-state index in [1.807, 2.05) is 0 Å². The largest absolute Gasteiger partial charge is 0.469 e. The molecule has 1 heterocycles. The van der Waals surface area contributed by atoms with Crippen molar-refractivity contribution < 1.29 is 19.7 Å². The van der Waals surface area contributed by atoms with Crippen molar-refractivity contribution in [2.24, 2.45) is 5.41 Å². The van der Waals surface area contributed by atoms with Crippen molar-refractivity contribution in [3.63, 3.8) is 0 Å². The zero-order chi connectivity index (χ0) is 16.2. The van der Waals surface area contributed by atoms with Gasteiger partial charge in [-0.1, -0.05) is 0 Å². The Bertz CT molecular complexity index is 620. The van der Waals surface area contributed by atoms with E-state index in [1.54, 1.807) is 0 Å². The molecule has 2 atom stereocenters. The van der Waals surface area contributed by atoms with Crippen LogP contribution in [0.5, 0.6) is 0 Å². The van der Waals surface area contributed by atoms with Crippen LogP contribution in [0.4, 0.5) is 0 Å². The van der Waals surface area contributed by atoms with Crippen molar-refractivity contribution in [2.75, 3.05) is 13.7 Å². The highest BCUT2D eigenvalue weighted by molar-refractivity contribution is 5.76. The molecule has 0 radical (unpaired) electrons. The first kappa shape index (κ1) is 17.1. The van der Waals surface area contributed by atoms with Gasteiger partial charge in [0.25, 0.3) is 5.56 Å². The number of methoxy groups -OCH3 is 1. The van der Waals surface area contributed by atoms with Crippen LogP contribution >= 0.6 is 0 Å². The number of esters is 1. The second-order valence-corrected chi connectivity index (χ2v) is 5.19. The number of ether oxygens (including phenoxy) is 1. The minimum atomic E-state index is -1.33. The van der Waals surface area contributed by atoms with Crippen LogP contribution in [-0.2, 0) is 9.53 Å². The molecule has 1 aromatic rings. The van der Waals surface area contributed by atoms with E-state index in [0.29, 0.717) is 0 Å². The van der Waals surface area contributed by atoms with E-state index in [9.17, 15) is 19.5 Å². The number of aromatic amines is 1. The SMILES string of the molecule is COC(=O)[C@@](C)(CCO)C[C@@H](O)n1cc(C)c(=O)[nH]c1=O. The van der Waals surface area contributed by atoms with Crippen LogP contribution in [0.3, 0.4) is 0 Å². The maximum atomic E-state index is 11.8. The fourth-order valence-corrected chi connectivity index (χ4v) is 2.09. The third kappa shape index (κ3) is 3.79. The van der Waals surface area contributed by atoms with Gasteiger partial charge in [-0.25, -0.2) is 4.79 Å². The Labute approximate surface area is 121 Å². The third-order valence-electron chi connectivity index (χ3n) is 3.44. The van der Waals surface area contributed by atoms with Crippen molar-refractivity contribution >= 4 is 5.97 Å². The summed E-state index contributed by atoms with van der Waals surface area (Å²) in [7, 11) is 1.21. The van der Waals surface area contributed by atoms with Crippen LogP contribution in [0.25, 0.3) is 0 Å². The summed E-state index contributed by atoms with van der Waals surface area (Å²) >= 11 is 0. The van der Waals surface area contributed by atoms with Gasteiger partial charge in [-0.05, 0) is 20.3 Å². The average molecular weight is 300 g/mol. The zero-order valence-corrected chi connectivity index (χ0v) is 12.3. The molecule has 0 amide bonds. The summed E-state index contributed by atoms with van der Waals surface area (Å²) in [5, 5.41) is 19.2. The molecule has 0 aliphatic rings. The molecule has 0 spiro atoms. The Morgan fingerprint density at radius 3 is 2.67 bits per heavy atom. The number of aryl methyl sites for hydroxylation is 1. The van der Waals surface area contributed by atoms with E-state index in [4.69, 9.17) is 5.11 Å². The van der Waals surface area contributed by atoms with E-state index in [0.717, 1.165) is 4.57 Å². The number of hydrogen-bond donors (Lipinski definition) is 3. The molecule has 0 bridgehead atoms. The second-order valence-electron chi connectivity index (χ2n) is 5.19. The molecule has 0 aromatic carbocycles. The zero-order valence-electron chi connectivity index (χ0n) is 12.3. The molecule has 8 nitrogen and oxygen atoms in total. The molecule has 118 valence electrons. The first-order valence-electron chi connectivity index (χ1n) is 6.44. The minimum Gasteiger partial charge on any atom is -0.469 e. The number of carbonyl (C=O) groups excluding carboxylic acids is 1.